The number of nitrogens with two attached hydrogens (primary N) is 1. The molecule has 1 atom stereocenters. The zero-order valence-corrected chi connectivity index (χ0v) is 10.5. The van der Waals surface area contributed by atoms with Crippen LogP contribution in [0.25, 0.3) is 0 Å². The van der Waals surface area contributed by atoms with Crippen molar-refractivity contribution in [3.63, 3.8) is 0 Å². The zero-order chi connectivity index (χ0) is 12.7. The average Bonchev–Trinajstić information content (AvgIpc) is 2.39. The van der Waals surface area contributed by atoms with Crippen LogP contribution in [-0.2, 0) is 17.3 Å². The lowest BCUT2D eigenvalue weighted by molar-refractivity contribution is -0.140. The van der Waals surface area contributed by atoms with Crippen LogP contribution in [0.4, 0.5) is 0 Å². The summed E-state index contributed by atoms with van der Waals surface area (Å²) in [7, 11) is 1.71. The molecule has 3 N–H and O–H groups in total. The first-order chi connectivity index (χ1) is 7.19. The number of halogens is 1. The summed E-state index contributed by atoms with van der Waals surface area (Å²) in [4.78, 5) is 11.0. The third-order valence-corrected chi connectivity index (χ3v) is 3.27. The SMILES string of the molecule is Cc1nn(C)c(Cl)c1C(C)(C)C(N)C(=O)O. The fourth-order valence-electron chi connectivity index (χ4n) is 1.83. The Kier molecular flexibility index (Phi) is 3.30. The number of hydrogen-bond donors (Lipinski definition) is 2. The Hall–Kier alpha value is -1.07. The van der Waals surface area contributed by atoms with Crippen molar-refractivity contribution in [3.05, 3.63) is 16.4 Å². The number of carboxylic acids is 1. The van der Waals surface area contributed by atoms with Gasteiger partial charge in [-0.3, -0.25) is 9.48 Å². The van der Waals surface area contributed by atoms with Crippen molar-refractivity contribution in [2.24, 2.45) is 12.8 Å². The number of aliphatic carboxylic acids is 1. The number of aryl methyl sites for hydroxylation is 2. The fourth-order valence-corrected chi connectivity index (χ4v) is 2.24. The van der Waals surface area contributed by atoms with Gasteiger partial charge in [-0.1, -0.05) is 25.4 Å². The van der Waals surface area contributed by atoms with Gasteiger partial charge < -0.3 is 10.8 Å². The van der Waals surface area contributed by atoms with Gasteiger partial charge in [-0.25, -0.2) is 0 Å². The number of nitrogens with zero attached hydrogens (tertiary/aromatic N) is 2. The minimum Gasteiger partial charge on any atom is -0.480 e. The first kappa shape index (κ1) is 13.0. The quantitative estimate of drug-likeness (QED) is 0.835. The van der Waals surface area contributed by atoms with Crippen LogP contribution < -0.4 is 5.73 Å². The molecular formula is C10H16ClN3O2. The van der Waals surface area contributed by atoms with Gasteiger partial charge in [0.1, 0.15) is 11.2 Å². The maximum absolute atomic E-state index is 11.0. The average molecular weight is 246 g/mol. The van der Waals surface area contributed by atoms with Crippen molar-refractivity contribution >= 4 is 17.6 Å². The number of carbonyl (C=O) groups is 1. The monoisotopic (exact) mass is 245 g/mol. The molecule has 5 nitrogen and oxygen atoms in total. The number of aromatic nitrogens is 2. The van der Waals surface area contributed by atoms with E-state index in [0.717, 1.165) is 0 Å². The van der Waals surface area contributed by atoms with Crippen LogP contribution >= 0.6 is 11.6 Å². The third kappa shape index (κ3) is 1.92. The molecule has 0 amide bonds. The normalized spacial score (nSPS) is 13.9. The highest BCUT2D eigenvalue weighted by atomic mass is 35.5. The van der Waals surface area contributed by atoms with Crippen molar-refractivity contribution in [1.29, 1.82) is 0 Å². The second-order valence-corrected chi connectivity index (χ2v) is 4.77. The van der Waals surface area contributed by atoms with Crippen molar-refractivity contribution in [3.8, 4) is 0 Å². The summed E-state index contributed by atoms with van der Waals surface area (Å²) >= 11 is 6.10. The Labute approximate surface area is 99.2 Å². The van der Waals surface area contributed by atoms with E-state index in [0.29, 0.717) is 16.4 Å². The largest absolute Gasteiger partial charge is 0.480 e. The number of hydrogen-bond acceptors (Lipinski definition) is 3. The molecule has 16 heavy (non-hydrogen) atoms. The zero-order valence-electron chi connectivity index (χ0n) is 9.78. The summed E-state index contributed by atoms with van der Waals surface area (Å²) in [6, 6.07) is -1.02. The lowest BCUT2D eigenvalue weighted by Crippen LogP contribution is -2.47. The van der Waals surface area contributed by atoms with Crippen LogP contribution in [0.2, 0.25) is 5.15 Å². The van der Waals surface area contributed by atoms with Gasteiger partial charge in [0, 0.05) is 18.0 Å². The van der Waals surface area contributed by atoms with Gasteiger partial charge in [-0.05, 0) is 6.92 Å². The molecule has 0 aliphatic rings. The standard InChI is InChI=1S/C10H16ClN3O2/c1-5-6(8(11)14(4)13-5)10(2,3)7(12)9(15)16/h7H,12H2,1-4H3,(H,15,16). The van der Waals surface area contributed by atoms with E-state index in [-0.39, 0.29) is 0 Å². The Morgan fingerprint density at radius 3 is 2.44 bits per heavy atom. The van der Waals surface area contributed by atoms with E-state index in [1.165, 1.54) is 4.68 Å². The van der Waals surface area contributed by atoms with E-state index in [9.17, 15) is 4.79 Å². The molecule has 0 bridgehead atoms. The minimum atomic E-state index is -1.05. The summed E-state index contributed by atoms with van der Waals surface area (Å²) in [6.07, 6.45) is 0. The van der Waals surface area contributed by atoms with Crippen LogP contribution in [0, 0.1) is 6.92 Å². The molecule has 1 heterocycles. The molecule has 1 unspecified atom stereocenters. The summed E-state index contributed by atoms with van der Waals surface area (Å²) < 4.78 is 1.52. The molecule has 6 heteroatoms. The summed E-state index contributed by atoms with van der Waals surface area (Å²) in [5, 5.41) is 13.6. The molecule has 0 radical (unpaired) electrons. The summed E-state index contributed by atoms with van der Waals surface area (Å²) in [5.74, 6) is -1.05. The fraction of sp³-hybridized carbons (Fsp3) is 0.600. The van der Waals surface area contributed by atoms with E-state index in [2.05, 4.69) is 5.10 Å². The molecule has 0 aromatic carbocycles. The highest BCUT2D eigenvalue weighted by molar-refractivity contribution is 6.30. The molecule has 1 rings (SSSR count). The molecule has 0 saturated heterocycles. The highest BCUT2D eigenvalue weighted by Gasteiger charge is 2.38. The van der Waals surface area contributed by atoms with Gasteiger partial charge >= 0.3 is 5.97 Å². The van der Waals surface area contributed by atoms with E-state index in [1.54, 1.807) is 27.8 Å². The van der Waals surface area contributed by atoms with Gasteiger partial charge in [0.25, 0.3) is 0 Å². The first-order valence-electron chi connectivity index (χ1n) is 4.87. The molecule has 1 aromatic heterocycles. The molecule has 0 aliphatic heterocycles. The van der Waals surface area contributed by atoms with Crippen LogP contribution in [-0.4, -0.2) is 26.9 Å². The molecular weight excluding hydrogens is 230 g/mol. The second kappa shape index (κ2) is 4.07. The van der Waals surface area contributed by atoms with Crippen LogP contribution in [0.5, 0.6) is 0 Å². The third-order valence-electron chi connectivity index (χ3n) is 2.84. The number of rotatable bonds is 3. The Bertz CT molecular complexity index is 426. The Balaban J connectivity index is 3.31. The first-order valence-corrected chi connectivity index (χ1v) is 5.25. The van der Waals surface area contributed by atoms with Gasteiger partial charge in [0.2, 0.25) is 0 Å². The van der Waals surface area contributed by atoms with E-state index in [4.69, 9.17) is 22.4 Å². The van der Waals surface area contributed by atoms with Gasteiger partial charge in [-0.2, -0.15) is 5.10 Å². The predicted octanol–water partition coefficient (Wildman–Crippen LogP) is 1.07. The molecule has 0 fully saturated rings. The van der Waals surface area contributed by atoms with Crippen LogP contribution in [0.15, 0.2) is 0 Å². The Morgan fingerprint density at radius 1 is 1.62 bits per heavy atom. The van der Waals surface area contributed by atoms with Crippen molar-refractivity contribution in [1.82, 2.24) is 9.78 Å². The molecule has 0 spiro atoms. The lowest BCUT2D eigenvalue weighted by Gasteiger charge is -2.28. The van der Waals surface area contributed by atoms with E-state index >= 15 is 0 Å². The van der Waals surface area contributed by atoms with E-state index < -0.39 is 17.4 Å². The minimum absolute atomic E-state index is 0.430. The van der Waals surface area contributed by atoms with Gasteiger partial charge in [-0.15, -0.1) is 0 Å². The predicted molar refractivity (Wildman–Crippen MR) is 61.6 cm³/mol. The van der Waals surface area contributed by atoms with Crippen LogP contribution in [0.3, 0.4) is 0 Å². The maximum Gasteiger partial charge on any atom is 0.321 e. The van der Waals surface area contributed by atoms with Gasteiger partial charge in [0.15, 0.2) is 0 Å². The van der Waals surface area contributed by atoms with E-state index in [1.807, 2.05) is 0 Å². The molecule has 90 valence electrons. The lowest BCUT2D eigenvalue weighted by atomic mass is 9.78. The highest BCUT2D eigenvalue weighted by Crippen LogP contribution is 2.34. The van der Waals surface area contributed by atoms with Gasteiger partial charge in [0.05, 0.1) is 5.69 Å². The number of carboxylic acid groups (broad SMARTS) is 1. The summed E-state index contributed by atoms with van der Waals surface area (Å²) in [6.45, 7) is 5.29. The molecule has 0 aliphatic carbocycles. The smallest absolute Gasteiger partial charge is 0.321 e. The van der Waals surface area contributed by atoms with Crippen LogP contribution in [0.1, 0.15) is 25.1 Å². The topological polar surface area (TPSA) is 81.1 Å². The maximum atomic E-state index is 11.0. The second-order valence-electron chi connectivity index (χ2n) is 4.41. The van der Waals surface area contributed by atoms with Crippen molar-refractivity contribution < 1.29 is 9.90 Å². The molecule has 1 aromatic rings. The van der Waals surface area contributed by atoms with Crippen molar-refractivity contribution in [2.75, 3.05) is 0 Å². The summed E-state index contributed by atoms with van der Waals surface area (Å²) in [5.41, 5.74) is 6.31. The molecule has 0 saturated carbocycles. The van der Waals surface area contributed by atoms with Crippen molar-refractivity contribution in [2.45, 2.75) is 32.2 Å². The Morgan fingerprint density at radius 2 is 2.12 bits per heavy atom.